The van der Waals surface area contributed by atoms with E-state index in [-0.39, 0.29) is 11.4 Å². The Morgan fingerprint density at radius 2 is 1.95 bits per heavy atom. The average Bonchev–Trinajstić information content (AvgIpc) is 2.38. The fraction of sp³-hybridized carbons (Fsp3) is 0.143. The van der Waals surface area contributed by atoms with Crippen LogP contribution in [0, 0.1) is 29.8 Å². The van der Waals surface area contributed by atoms with E-state index < -0.39 is 10.7 Å². The van der Waals surface area contributed by atoms with Crippen LogP contribution in [-0.2, 0) is 0 Å². The average molecular weight is 340 g/mol. The minimum atomic E-state index is -0.750. The highest BCUT2D eigenvalue weighted by Crippen LogP contribution is 2.35. The molecular formula is C14H11BrFNO3. The quantitative estimate of drug-likeness (QED) is 0.589. The fourth-order valence-electron chi connectivity index (χ4n) is 1.80. The molecule has 0 aliphatic heterocycles. The number of benzene rings is 2. The third-order valence-electron chi connectivity index (χ3n) is 2.98. The Kier molecular flexibility index (Phi) is 4.04. The Labute approximate surface area is 123 Å². The molecule has 0 bridgehead atoms. The minimum Gasteiger partial charge on any atom is -0.454 e. The summed E-state index contributed by atoms with van der Waals surface area (Å²) in [4.78, 5) is 10.2. The lowest BCUT2D eigenvalue weighted by Crippen LogP contribution is -1.99. The van der Waals surface area contributed by atoms with Crippen LogP contribution in [0.1, 0.15) is 11.1 Å². The van der Waals surface area contributed by atoms with E-state index in [4.69, 9.17) is 4.74 Å². The summed E-state index contributed by atoms with van der Waals surface area (Å²) in [6, 6.07) is 7.83. The van der Waals surface area contributed by atoms with Crippen LogP contribution in [0.15, 0.2) is 34.8 Å². The SMILES string of the molecule is Cc1c([N+](=O)[O-])cc(F)c(Oc2cccc(Br)c2)c1C. The van der Waals surface area contributed by atoms with Crippen molar-refractivity contribution in [2.75, 3.05) is 0 Å². The van der Waals surface area contributed by atoms with E-state index in [1.165, 1.54) is 0 Å². The van der Waals surface area contributed by atoms with Crippen molar-refractivity contribution in [1.82, 2.24) is 0 Å². The van der Waals surface area contributed by atoms with Crippen LogP contribution in [0.25, 0.3) is 0 Å². The van der Waals surface area contributed by atoms with Crippen LogP contribution in [0.3, 0.4) is 0 Å². The van der Waals surface area contributed by atoms with E-state index in [0.717, 1.165) is 10.5 Å². The van der Waals surface area contributed by atoms with Gasteiger partial charge < -0.3 is 4.74 Å². The molecular weight excluding hydrogens is 329 g/mol. The third-order valence-corrected chi connectivity index (χ3v) is 3.47. The molecule has 6 heteroatoms. The van der Waals surface area contributed by atoms with E-state index in [1.807, 2.05) is 6.07 Å². The molecule has 20 heavy (non-hydrogen) atoms. The molecule has 0 heterocycles. The van der Waals surface area contributed by atoms with Gasteiger partial charge in [0.25, 0.3) is 5.69 Å². The summed E-state index contributed by atoms with van der Waals surface area (Å²) in [5.41, 5.74) is 0.555. The number of hydrogen-bond acceptors (Lipinski definition) is 3. The van der Waals surface area contributed by atoms with E-state index in [0.29, 0.717) is 16.9 Å². The van der Waals surface area contributed by atoms with Crippen molar-refractivity contribution in [3.05, 3.63) is 61.9 Å². The Morgan fingerprint density at radius 1 is 1.25 bits per heavy atom. The first-order valence-electron chi connectivity index (χ1n) is 5.77. The van der Waals surface area contributed by atoms with Crippen molar-refractivity contribution < 1.29 is 14.1 Å². The normalized spacial score (nSPS) is 10.4. The standard InChI is InChI=1S/C14H11BrFNO3/c1-8-9(2)14(12(16)7-13(8)17(18)19)20-11-5-3-4-10(15)6-11/h3-7H,1-2H3. The zero-order chi connectivity index (χ0) is 14.9. The van der Waals surface area contributed by atoms with Crippen molar-refractivity contribution in [3.8, 4) is 11.5 Å². The van der Waals surface area contributed by atoms with Crippen LogP contribution in [0.5, 0.6) is 11.5 Å². The summed E-state index contributed by atoms with van der Waals surface area (Å²) >= 11 is 3.29. The molecule has 4 nitrogen and oxygen atoms in total. The van der Waals surface area contributed by atoms with Crippen molar-refractivity contribution in [3.63, 3.8) is 0 Å². The number of ether oxygens (including phenoxy) is 1. The highest BCUT2D eigenvalue weighted by molar-refractivity contribution is 9.10. The molecule has 104 valence electrons. The van der Waals surface area contributed by atoms with E-state index >= 15 is 0 Å². The number of hydrogen-bond donors (Lipinski definition) is 0. The van der Waals surface area contributed by atoms with Gasteiger partial charge in [-0.05, 0) is 32.0 Å². The number of nitro benzene ring substituents is 1. The summed E-state index contributed by atoms with van der Waals surface area (Å²) in [6.07, 6.45) is 0. The molecule has 0 unspecified atom stereocenters. The van der Waals surface area contributed by atoms with Gasteiger partial charge in [0.1, 0.15) is 5.75 Å². The zero-order valence-corrected chi connectivity index (χ0v) is 12.4. The molecule has 2 aromatic rings. The van der Waals surface area contributed by atoms with Crippen LogP contribution < -0.4 is 4.74 Å². The van der Waals surface area contributed by atoms with Gasteiger partial charge in [0, 0.05) is 15.6 Å². The summed E-state index contributed by atoms with van der Waals surface area (Å²) in [7, 11) is 0. The monoisotopic (exact) mass is 339 g/mol. The highest BCUT2D eigenvalue weighted by Gasteiger charge is 2.21. The molecule has 0 atom stereocenters. The van der Waals surface area contributed by atoms with Crippen molar-refractivity contribution in [1.29, 1.82) is 0 Å². The molecule has 2 aromatic carbocycles. The molecule has 0 saturated heterocycles. The lowest BCUT2D eigenvalue weighted by atomic mass is 10.1. The Bertz CT molecular complexity index is 688. The van der Waals surface area contributed by atoms with Crippen LogP contribution in [0.2, 0.25) is 0 Å². The summed E-state index contributed by atoms with van der Waals surface area (Å²) < 4.78 is 20.3. The molecule has 2 rings (SSSR count). The first kappa shape index (κ1) is 14.5. The fourth-order valence-corrected chi connectivity index (χ4v) is 2.18. The van der Waals surface area contributed by atoms with Gasteiger partial charge in [-0.3, -0.25) is 10.1 Å². The van der Waals surface area contributed by atoms with Gasteiger partial charge in [-0.1, -0.05) is 22.0 Å². The smallest absolute Gasteiger partial charge is 0.275 e. The molecule has 0 aliphatic rings. The molecule has 0 aliphatic carbocycles. The molecule has 0 N–H and O–H groups in total. The maximum Gasteiger partial charge on any atom is 0.275 e. The minimum absolute atomic E-state index is 0.00574. The summed E-state index contributed by atoms with van der Waals surface area (Å²) in [5, 5.41) is 10.8. The van der Waals surface area contributed by atoms with Gasteiger partial charge in [-0.15, -0.1) is 0 Å². The lowest BCUT2D eigenvalue weighted by Gasteiger charge is -2.12. The predicted octanol–water partition coefficient (Wildman–Crippen LogP) is 4.91. The molecule has 0 fully saturated rings. The molecule has 0 amide bonds. The Morgan fingerprint density at radius 3 is 2.55 bits per heavy atom. The highest BCUT2D eigenvalue weighted by atomic mass is 79.9. The summed E-state index contributed by atoms with van der Waals surface area (Å²) in [5.74, 6) is -0.291. The van der Waals surface area contributed by atoms with Gasteiger partial charge in [0.15, 0.2) is 11.6 Å². The molecule has 0 saturated carbocycles. The topological polar surface area (TPSA) is 52.4 Å². The predicted molar refractivity (Wildman–Crippen MR) is 76.7 cm³/mol. The van der Waals surface area contributed by atoms with E-state index in [9.17, 15) is 14.5 Å². The molecule has 0 aromatic heterocycles. The second-order valence-corrected chi connectivity index (χ2v) is 5.19. The van der Waals surface area contributed by atoms with Crippen molar-refractivity contribution in [2.45, 2.75) is 13.8 Å². The molecule has 0 radical (unpaired) electrons. The number of nitro groups is 1. The van der Waals surface area contributed by atoms with Gasteiger partial charge in [-0.25, -0.2) is 4.39 Å². The van der Waals surface area contributed by atoms with Crippen LogP contribution in [-0.4, -0.2) is 4.92 Å². The maximum absolute atomic E-state index is 14.0. The largest absolute Gasteiger partial charge is 0.454 e. The van der Waals surface area contributed by atoms with Crippen molar-refractivity contribution in [2.24, 2.45) is 0 Å². The number of nitrogens with zero attached hydrogens (tertiary/aromatic N) is 1. The van der Waals surface area contributed by atoms with Gasteiger partial charge in [-0.2, -0.15) is 0 Å². The van der Waals surface area contributed by atoms with Crippen LogP contribution in [0.4, 0.5) is 10.1 Å². The maximum atomic E-state index is 14.0. The van der Waals surface area contributed by atoms with Gasteiger partial charge in [0.05, 0.1) is 11.0 Å². The Hall–Kier alpha value is -1.95. The second-order valence-electron chi connectivity index (χ2n) is 4.27. The summed E-state index contributed by atoms with van der Waals surface area (Å²) in [6.45, 7) is 3.17. The van der Waals surface area contributed by atoms with Gasteiger partial charge >= 0.3 is 0 Å². The van der Waals surface area contributed by atoms with E-state index in [1.54, 1.807) is 32.0 Å². The van der Waals surface area contributed by atoms with E-state index in [2.05, 4.69) is 15.9 Å². The first-order chi connectivity index (χ1) is 9.40. The van der Waals surface area contributed by atoms with Crippen molar-refractivity contribution >= 4 is 21.6 Å². The number of halogens is 2. The lowest BCUT2D eigenvalue weighted by molar-refractivity contribution is -0.385. The first-order valence-corrected chi connectivity index (χ1v) is 6.57. The third kappa shape index (κ3) is 2.80. The van der Waals surface area contributed by atoms with Crippen LogP contribution >= 0.6 is 15.9 Å². The zero-order valence-electron chi connectivity index (χ0n) is 10.8. The Balaban J connectivity index is 2.48. The van der Waals surface area contributed by atoms with Gasteiger partial charge in [0.2, 0.25) is 0 Å². The number of rotatable bonds is 3. The molecule has 0 spiro atoms. The second kappa shape index (κ2) is 5.58.